The molecule has 1 fully saturated rings. The third-order valence-corrected chi connectivity index (χ3v) is 2.91. The van der Waals surface area contributed by atoms with Crippen LogP contribution in [0.25, 0.3) is 0 Å². The molecule has 8 heavy (non-hydrogen) atoms. The van der Waals surface area contributed by atoms with Gasteiger partial charge in [0.05, 0.1) is 0 Å². The molecule has 1 heteroatoms. The minimum Gasteiger partial charge on any atom is -0.0792 e. The van der Waals surface area contributed by atoms with Gasteiger partial charge in [0, 0.05) is 3.42 Å². The molecule has 0 radical (unpaired) electrons. The molecular formula is C7H13I. The first-order valence-electron chi connectivity index (χ1n) is 3.29. The van der Waals surface area contributed by atoms with Crippen LogP contribution in [-0.2, 0) is 0 Å². The van der Waals surface area contributed by atoms with Gasteiger partial charge in [-0.1, -0.05) is 36.4 Å². The molecule has 1 aliphatic rings. The first-order chi connectivity index (χ1) is 3.60. The van der Waals surface area contributed by atoms with Gasteiger partial charge in [-0.2, -0.15) is 0 Å². The Bertz CT molecular complexity index is 86.4. The topological polar surface area (TPSA) is 0 Å². The van der Waals surface area contributed by atoms with Gasteiger partial charge in [-0.25, -0.2) is 0 Å². The maximum atomic E-state index is 2.58. The van der Waals surface area contributed by atoms with Gasteiger partial charge in [-0.05, 0) is 25.2 Å². The van der Waals surface area contributed by atoms with Crippen LogP contribution in [0.1, 0.15) is 33.1 Å². The van der Waals surface area contributed by atoms with Gasteiger partial charge >= 0.3 is 0 Å². The van der Waals surface area contributed by atoms with Crippen molar-refractivity contribution < 1.29 is 0 Å². The second-order valence-corrected chi connectivity index (χ2v) is 5.87. The van der Waals surface area contributed by atoms with Crippen LogP contribution in [0.5, 0.6) is 0 Å². The van der Waals surface area contributed by atoms with E-state index in [9.17, 15) is 0 Å². The summed E-state index contributed by atoms with van der Waals surface area (Å²) in [4.78, 5) is 0. The molecule has 0 N–H and O–H groups in total. The van der Waals surface area contributed by atoms with E-state index in [0.717, 1.165) is 5.92 Å². The van der Waals surface area contributed by atoms with Crippen molar-refractivity contribution >= 4 is 22.6 Å². The molecule has 0 aromatic heterocycles. The number of rotatable bonds is 0. The Hall–Kier alpha value is 0.730. The van der Waals surface area contributed by atoms with Gasteiger partial charge in [0.2, 0.25) is 0 Å². The molecule has 2 atom stereocenters. The van der Waals surface area contributed by atoms with Crippen molar-refractivity contribution in [2.75, 3.05) is 0 Å². The SMILES string of the molecule is C[C@@H]1CC[C@@](C)(I)C1. The van der Waals surface area contributed by atoms with E-state index in [2.05, 4.69) is 36.4 Å². The highest BCUT2D eigenvalue weighted by molar-refractivity contribution is 14.1. The minimum absolute atomic E-state index is 0.636. The summed E-state index contributed by atoms with van der Waals surface area (Å²) in [6.45, 7) is 4.71. The molecule has 0 aromatic carbocycles. The molecule has 1 rings (SSSR count). The predicted molar refractivity (Wildman–Crippen MR) is 45.4 cm³/mol. The summed E-state index contributed by atoms with van der Waals surface area (Å²) < 4.78 is 0.636. The van der Waals surface area contributed by atoms with Crippen molar-refractivity contribution in [3.63, 3.8) is 0 Å². The van der Waals surface area contributed by atoms with E-state index in [0.29, 0.717) is 3.42 Å². The first kappa shape index (κ1) is 6.84. The Kier molecular flexibility index (Phi) is 1.85. The monoisotopic (exact) mass is 224 g/mol. The highest BCUT2D eigenvalue weighted by Gasteiger charge is 2.29. The average molecular weight is 224 g/mol. The van der Waals surface area contributed by atoms with Crippen molar-refractivity contribution in [3.8, 4) is 0 Å². The Labute approximate surface area is 65.2 Å². The molecule has 1 aliphatic carbocycles. The molecule has 0 unspecified atom stereocenters. The van der Waals surface area contributed by atoms with Gasteiger partial charge in [0.15, 0.2) is 0 Å². The van der Waals surface area contributed by atoms with Crippen LogP contribution < -0.4 is 0 Å². The summed E-state index contributed by atoms with van der Waals surface area (Å²) in [5, 5.41) is 0. The molecule has 0 nitrogen and oxygen atoms in total. The molecule has 0 amide bonds. The van der Waals surface area contributed by atoms with Crippen molar-refractivity contribution in [1.29, 1.82) is 0 Å². The Balaban J connectivity index is 2.44. The van der Waals surface area contributed by atoms with Crippen LogP contribution >= 0.6 is 22.6 Å². The molecule has 0 saturated heterocycles. The van der Waals surface area contributed by atoms with E-state index in [1.54, 1.807) is 0 Å². The summed E-state index contributed by atoms with van der Waals surface area (Å²) in [7, 11) is 0. The van der Waals surface area contributed by atoms with Crippen molar-refractivity contribution in [3.05, 3.63) is 0 Å². The number of hydrogen-bond acceptors (Lipinski definition) is 0. The van der Waals surface area contributed by atoms with Gasteiger partial charge in [-0.3, -0.25) is 0 Å². The largest absolute Gasteiger partial charge is 0.0792 e. The molecule has 48 valence electrons. The molecule has 1 saturated carbocycles. The van der Waals surface area contributed by atoms with Crippen LogP contribution in [0, 0.1) is 5.92 Å². The van der Waals surface area contributed by atoms with Gasteiger partial charge in [-0.15, -0.1) is 0 Å². The van der Waals surface area contributed by atoms with Gasteiger partial charge in [0.25, 0.3) is 0 Å². The average Bonchev–Trinajstić information content (AvgIpc) is 1.82. The van der Waals surface area contributed by atoms with Gasteiger partial charge < -0.3 is 0 Å². The fourth-order valence-corrected chi connectivity index (χ4v) is 2.54. The zero-order valence-electron chi connectivity index (χ0n) is 5.58. The molecule has 0 aliphatic heterocycles. The molecule has 0 aromatic rings. The van der Waals surface area contributed by atoms with E-state index < -0.39 is 0 Å². The molecule has 0 spiro atoms. The standard InChI is InChI=1S/C7H13I/c1-6-3-4-7(2,8)5-6/h6H,3-5H2,1-2H3/t6-,7-/m1/s1. The highest BCUT2D eigenvalue weighted by Crippen LogP contribution is 2.40. The van der Waals surface area contributed by atoms with Crippen LogP contribution in [0.3, 0.4) is 0 Å². The number of hydrogen-bond donors (Lipinski definition) is 0. The fraction of sp³-hybridized carbons (Fsp3) is 1.00. The van der Waals surface area contributed by atoms with Crippen LogP contribution in [-0.4, -0.2) is 3.42 Å². The quantitative estimate of drug-likeness (QED) is 0.438. The fourth-order valence-electron chi connectivity index (χ4n) is 1.48. The summed E-state index contributed by atoms with van der Waals surface area (Å²) in [6, 6.07) is 0. The number of alkyl halides is 1. The predicted octanol–water partition coefficient (Wildman–Crippen LogP) is 3.00. The second-order valence-electron chi connectivity index (χ2n) is 3.26. The van der Waals surface area contributed by atoms with E-state index in [1.807, 2.05) is 0 Å². The minimum atomic E-state index is 0.636. The van der Waals surface area contributed by atoms with E-state index in [4.69, 9.17) is 0 Å². The smallest absolute Gasteiger partial charge is 0.0196 e. The van der Waals surface area contributed by atoms with E-state index in [1.165, 1.54) is 19.3 Å². The maximum absolute atomic E-state index is 2.58. The number of halogens is 1. The van der Waals surface area contributed by atoms with E-state index >= 15 is 0 Å². The molecular weight excluding hydrogens is 211 g/mol. The van der Waals surface area contributed by atoms with Crippen molar-refractivity contribution in [2.45, 2.75) is 36.5 Å². The third-order valence-electron chi connectivity index (χ3n) is 1.93. The van der Waals surface area contributed by atoms with Crippen LogP contribution in [0.4, 0.5) is 0 Å². The van der Waals surface area contributed by atoms with Crippen molar-refractivity contribution in [2.24, 2.45) is 5.92 Å². The maximum Gasteiger partial charge on any atom is 0.0196 e. The summed E-state index contributed by atoms with van der Waals surface area (Å²) in [6.07, 6.45) is 4.29. The second kappa shape index (κ2) is 2.16. The lowest BCUT2D eigenvalue weighted by Gasteiger charge is -2.12. The van der Waals surface area contributed by atoms with Gasteiger partial charge in [0.1, 0.15) is 0 Å². The lowest BCUT2D eigenvalue weighted by Crippen LogP contribution is -2.07. The van der Waals surface area contributed by atoms with Crippen LogP contribution in [0.15, 0.2) is 0 Å². The summed E-state index contributed by atoms with van der Waals surface area (Å²) >= 11 is 2.58. The zero-order valence-corrected chi connectivity index (χ0v) is 7.73. The third kappa shape index (κ3) is 1.61. The first-order valence-corrected chi connectivity index (χ1v) is 4.37. The van der Waals surface area contributed by atoms with E-state index in [-0.39, 0.29) is 0 Å². The molecule has 0 heterocycles. The summed E-state index contributed by atoms with van der Waals surface area (Å²) in [5.41, 5.74) is 0. The Morgan fingerprint density at radius 1 is 1.62 bits per heavy atom. The lowest BCUT2D eigenvalue weighted by molar-refractivity contribution is 0.594. The normalized spacial score (nSPS) is 47.6. The summed E-state index contributed by atoms with van der Waals surface area (Å²) in [5.74, 6) is 0.983. The van der Waals surface area contributed by atoms with Crippen LogP contribution in [0.2, 0.25) is 0 Å². The zero-order chi connectivity index (χ0) is 6.20. The Morgan fingerprint density at radius 3 is 2.38 bits per heavy atom. The lowest BCUT2D eigenvalue weighted by atomic mass is 10.1. The Morgan fingerprint density at radius 2 is 2.25 bits per heavy atom. The highest BCUT2D eigenvalue weighted by atomic mass is 127. The van der Waals surface area contributed by atoms with Crippen molar-refractivity contribution in [1.82, 2.24) is 0 Å². The molecule has 0 bridgehead atoms.